The quantitative estimate of drug-likeness (QED) is 0.0617. The number of benzene rings is 1. The van der Waals surface area contributed by atoms with Crippen molar-refractivity contribution in [2.24, 2.45) is 0 Å². The van der Waals surface area contributed by atoms with Crippen LogP contribution < -0.4 is 5.32 Å². The van der Waals surface area contributed by atoms with Crippen molar-refractivity contribution in [3.63, 3.8) is 0 Å². The summed E-state index contributed by atoms with van der Waals surface area (Å²) < 4.78 is 105. The molecule has 1 aromatic carbocycles. The third kappa shape index (κ3) is 6.56. The number of rotatable bonds is 13. The summed E-state index contributed by atoms with van der Waals surface area (Å²) in [5.74, 6) is -16.8. The molecule has 0 radical (unpaired) electrons. The van der Waals surface area contributed by atoms with Gasteiger partial charge in [0.25, 0.3) is 0 Å². The van der Waals surface area contributed by atoms with Crippen molar-refractivity contribution in [1.82, 2.24) is 9.88 Å². The monoisotopic (exact) mass is 782 g/mol. The van der Waals surface area contributed by atoms with Gasteiger partial charge in [0.1, 0.15) is 13.2 Å². The van der Waals surface area contributed by atoms with E-state index in [1.54, 1.807) is 45.4 Å². The zero-order valence-electron chi connectivity index (χ0n) is 25.4. The van der Waals surface area contributed by atoms with Crippen LogP contribution in [0.5, 0.6) is 0 Å². The second kappa shape index (κ2) is 14.0. The summed E-state index contributed by atoms with van der Waals surface area (Å²) in [6, 6.07) is 7.44. The van der Waals surface area contributed by atoms with Gasteiger partial charge in [0.05, 0.1) is 10.2 Å². The van der Waals surface area contributed by atoms with Crippen molar-refractivity contribution in [2.45, 2.75) is 77.4 Å². The summed E-state index contributed by atoms with van der Waals surface area (Å²) in [5.41, 5.74) is -3.02. The second-order valence-corrected chi connectivity index (χ2v) is 13.3. The number of nitrogens with one attached hydrogen (secondary N) is 1. The Labute approximate surface area is 279 Å². The highest BCUT2D eigenvalue weighted by molar-refractivity contribution is 14.1. The smallest absolute Gasteiger partial charge is 0.407 e. The SMILES string of the molecule is C=C(C)C(=O)OCCNC(=O)OCc1cc(C2=C(c3c(I)n(CCCCCC)c4ccccc34)C(F)(F)C(F)(F)C2(F)F)c(C)s1. The van der Waals surface area contributed by atoms with Gasteiger partial charge in [0.15, 0.2) is 0 Å². The minimum Gasteiger partial charge on any atom is -0.460 e. The van der Waals surface area contributed by atoms with Gasteiger partial charge in [-0.15, -0.1) is 11.3 Å². The molecule has 14 heteroatoms. The molecule has 0 atom stereocenters. The molecule has 0 bridgehead atoms. The Morgan fingerprint density at radius 1 is 1.02 bits per heavy atom. The van der Waals surface area contributed by atoms with Crippen LogP contribution in [0.4, 0.5) is 31.1 Å². The number of carbonyl (C=O) groups is 2. The Morgan fingerprint density at radius 3 is 2.37 bits per heavy atom. The Kier molecular flexibility index (Phi) is 10.9. The molecule has 0 fully saturated rings. The maximum Gasteiger partial charge on any atom is 0.407 e. The fraction of sp³-hybridized carbons (Fsp3) is 0.438. The van der Waals surface area contributed by atoms with E-state index in [0.717, 1.165) is 36.7 Å². The van der Waals surface area contributed by atoms with Crippen LogP contribution in [0.1, 0.15) is 60.4 Å². The van der Waals surface area contributed by atoms with E-state index in [1.807, 2.05) is 6.92 Å². The normalized spacial score (nSPS) is 16.6. The first-order valence-electron chi connectivity index (χ1n) is 14.6. The highest BCUT2D eigenvalue weighted by Gasteiger charge is 2.80. The minimum absolute atomic E-state index is 0.0738. The highest BCUT2D eigenvalue weighted by Crippen LogP contribution is 2.66. The first kappa shape index (κ1) is 35.8. The summed E-state index contributed by atoms with van der Waals surface area (Å²) in [6.45, 7) is 7.98. The number of hydrogen-bond acceptors (Lipinski definition) is 5. The van der Waals surface area contributed by atoms with E-state index in [4.69, 9.17) is 9.47 Å². The van der Waals surface area contributed by atoms with Crippen LogP contribution in [0.2, 0.25) is 0 Å². The number of ether oxygens (including phenoxy) is 2. The zero-order valence-corrected chi connectivity index (χ0v) is 28.4. The van der Waals surface area contributed by atoms with E-state index in [-0.39, 0.29) is 43.1 Å². The summed E-state index contributed by atoms with van der Waals surface area (Å²) in [4.78, 5) is 23.8. The van der Waals surface area contributed by atoms with Gasteiger partial charge in [0, 0.05) is 49.5 Å². The fourth-order valence-electron chi connectivity index (χ4n) is 5.31. The van der Waals surface area contributed by atoms with Crippen molar-refractivity contribution >= 4 is 68.0 Å². The van der Waals surface area contributed by atoms with Gasteiger partial charge in [-0.05, 0) is 60.6 Å². The first-order chi connectivity index (χ1) is 21.6. The molecule has 2 aromatic heterocycles. The van der Waals surface area contributed by atoms with E-state index >= 15 is 26.3 Å². The number of esters is 1. The Morgan fingerprint density at radius 2 is 1.70 bits per heavy atom. The molecule has 0 aliphatic heterocycles. The van der Waals surface area contributed by atoms with E-state index in [0.29, 0.717) is 18.5 Å². The fourth-order valence-corrected chi connectivity index (χ4v) is 7.33. The lowest BCUT2D eigenvalue weighted by Gasteiger charge is -2.25. The number of unbranched alkanes of at least 4 members (excludes halogenated alkanes) is 3. The molecule has 0 unspecified atom stereocenters. The highest BCUT2D eigenvalue weighted by atomic mass is 127. The Balaban J connectivity index is 1.72. The third-order valence-electron chi connectivity index (χ3n) is 7.60. The number of halogens is 7. The summed E-state index contributed by atoms with van der Waals surface area (Å²) in [7, 11) is 0. The number of thiophene rings is 1. The average Bonchev–Trinajstić information content (AvgIpc) is 3.52. The van der Waals surface area contributed by atoms with Gasteiger partial charge in [-0.2, -0.15) is 26.3 Å². The first-order valence-corrected chi connectivity index (χ1v) is 16.5. The standard InChI is InChI=1S/C32H33F6IN2O4S/c1-5-6-7-10-14-41-23-12-9-8-11-21(23)24(27(41)39)26-25(30(33,34)32(37,38)31(26,35)36)22-16-20(46-19(22)4)17-45-29(43)40-13-15-44-28(42)18(2)3/h8-9,11-12,16H,2,5-7,10,13-15,17H2,1,3-4H3,(H,40,43). The van der Waals surface area contributed by atoms with Crippen molar-refractivity contribution in [2.75, 3.05) is 13.2 Å². The number of hydrogen-bond donors (Lipinski definition) is 1. The van der Waals surface area contributed by atoms with Crippen LogP contribution in [0.15, 0.2) is 42.5 Å². The van der Waals surface area contributed by atoms with Crippen LogP contribution in [0.25, 0.3) is 22.0 Å². The summed E-state index contributed by atoms with van der Waals surface area (Å²) >= 11 is 2.64. The topological polar surface area (TPSA) is 69.6 Å². The molecular formula is C32H33F6IN2O4S. The molecule has 1 aliphatic rings. The molecule has 46 heavy (non-hydrogen) atoms. The molecule has 1 N–H and O–H groups in total. The van der Waals surface area contributed by atoms with E-state index < -0.39 is 53.1 Å². The maximum absolute atomic E-state index is 15.8. The van der Waals surface area contributed by atoms with Crippen LogP contribution in [0, 0.1) is 10.6 Å². The van der Waals surface area contributed by atoms with Crippen molar-refractivity contribution in [1.29, 1.82) is 0 Å². The Hall–Kier alpha value is -3.01. The van der Waals surface area contributed by atoms with Crippen LogP contribution in [-0.4, -0.2) is 47.5 Å². The van der Waals surface area contributed by atoms with Gasteiger partial charge < -0.3 is 19.4 Å². The number of fused-ring (bicyclic) bond motifs is 1. The molecule has 2 heterocycles. The zero-order chi connectivity index (χ0) is 34.0. The molecule has 4 rings (SSSR count). The molecular weight excluding hydrogens is 749 g/mol. The predicted molar refractivity (Wildman–Crippen MR) is 173 cm³/mol. The molecule has 6 nitrogen and oxygen atoms in total. The number of amides is 1. The van der Waals surface area contributed by atoms with Gasteiger partial charge in [-0.3, -0.25) is 0 Å². The Bertz CT molecular complexity index is 1680. The number of nitrogens with zero attached hydrogens (tertiary/aromatic N) is 1. The maximum atomic E-state index is 15.8. The average molecular weight is 783 g/mol. The van der Waals surface area contributed by atoms with Gasteiger partial charge >= 0.3 is 29.8 Å². The van der Waals surface area contributed by atoms with Crippen LogP contribution in [-0.2, 0) is 27.4 Å². The lowest BCUT2D eigenvalue weighted by atomic mass is 9.94. The number of alkyl halides is 6. The van der Waals surface area contributed by atoms with E-state index in [2.05, 4.69) is 11.9 Å². The van der Waals surface area contributed by atoms with Crippen molar-refractivity contribution in [3.8, 4) is 0 Å². The number of alkyl carbamates (subject to hydrolysis) is 1. The van der Waals surface area contributed by atoms with E-state index in [1.165, 1.54) is 19.9 Å². The number of aryl methyl sites for hydroxylation is 2. The van der Waals surface area contributed by atoms with Gasteiger partial charge in [-0.25, -0.2) is 9.59 Å². The molecule has 1 amide bonds. The van der Waals surface area contributed by atoms with Gasteiger partial charge in [-0.1, -0.05) is 51.0 Å². The van der Waals surface area contributed by atoms with Crippen LogP contribution in [0.3, 0.4) is 0 Å². The number of allylic oxidation sites excluding steroid dienone is 2. The number of aromatic nitrogens is 1. The lowest BCUT2D eigenvalue weighted by Crippen LogP contribution is -2.49. The molecule has 3 aromatic rings. The van der Waals surface area contributed by atoms with Gasteiger partial charge in [0.2, 0.25) is 0 Å². The predicted octanol–water partition coefficient (Wildman–Crippen LogP) is 9.37. The third-order valence-corrected chi connectivity index (χ3v) is 9.74. The molecule has 0 saturated carbocycles. The lowest BCUT2D eigenvalue weighted by molar-refractivity contribution is -0.254. The van der Waals surface area contributed by atoms with Crippen molar-refractivity contribution in [3.05, 3.63) is 67.1 Å². The van der Waals surface area contributed by atoms with E-state index in [9.17, 15) is 9.59 Å². The molecule has 250 valence electrons. The second-order valence-electron chi connectivity index (χ2n) is 11.0. The number of para-hydroxylation sites is 1. The number of carbonyl (C=O) groups excluding carboxylic acids is 2. The van der Waals surface area contributed by atoms with Crippen molar-refractivity contribution < 1.29 is 45.4 Å². The summed E-state index contributed by atoms with van der Waals surface area (Å²) in [5, 5.41) is 2.51. The molecule has 0 spiro atoms. The largest absolute Gasteiger partial charge is 0.460 e. The molecule has 0 saturated heterocycles. The summed E-state index contributed by atoms with van der Waals surface area (Å²) in [6.07, 6.45) is 2.53. The van der Waals surface area contributed by atoms with Crippen LogP contribution >= 0.6 is 33.9 Å². The molecule has 1 aliphatic carbocycles. The minimum atomic E-state index is -5.71.